The topological polar surface area (TPSA) is 47.4 Å². The number of fused-ring (bicyclic) bond motifs is 1. The molecule has 0 saturated heterocycles. The Morgan fingerprint density at radius 3 is 2.83 bits per heavy atom. The lowest BCUT2D eigenvalue weighted by Crippen LogP contribution is -2.25. The lowest BCUT2D eigenvalue weighted by molar-refractivity contribution is -0.274. The summed E-state index contributed by atoms with van der Waals surface area (Å²) in [6.45, 7) is 3.03. The number of aromatic nitrogens is 2. The summed E-state index contributed by atoms with van der Waals surface area (Å²) in [5, 5.41) is 0. The third-order valence-electron chi connectivity index (χ3n) is 3.79. The fourth-order valence-electron chi connectivity index (χ4n) is 2.67. The van der Waals surface area contributed by atoms with E-state index in [-0.39, 0.29) is 11.7 Å². The Morgan fingerprint density at radius 2 is 2.12 bits per heavy atom. The fourth-order valence-corrected chi connectivity index (χ4v) is 2.67. The molecule has 3 rings (SSSR count). The van der Waals surface area contributed by atoms with Crippen molar-refractivity contribution in [2.75, 3.05) is 6.54 Å². The molecule has 8 heteroatoms. The molecule has 24 heavy (non-hydrogen) atoms. The van der Waals surface area contributed by atoms with Gasteiger partial charge in [0.1, 0.15) is 5.75 Å². The van der Waals surface area contributed by atoms with Crippen LogP contribution in [0.5, 0.6) is 5.75 Å². The van der Waals surface area contributed by atoms with Crippen LogP contribution in [0.15, 0.2) is 30.5 Å². The molecular weight excluding hydrogens is 323 g/mol. The molecule has 2 heterocycles. The number of amides is 1. The quantitative estimate of drug-likeness (QED) is 0.835. The van der Waals surface area contributed by atoms with Crippen LogP contribution >= 0.6 is 0 Å². The van der Waals surface area contributed by atoms with Gasteiger partial charge in [-0.2, -0.15) is 0 Å². The monoisotopic (exact) mass is 339 g/mol. The average Bonchev–Trinajstić information content (AvgIpc) is 3.04. The van der Waals surface area contributed by atoms with Crippen molar-refractivity contribution in [1.29, 1.82) is 0 Å². The molecule has 128 valence electrons. The Labute approximate surface area is 136 Å². The molecule has 1 amide bonds. The summed E-state index contributed by atoms with van der Waals surface area (Å²) in [4.78, 5) is 18.1. The van der Waals surface area contributed by atoms with E-state index in [1.807, 2.05) is 6.92 Å². The van der Waals surface area contributed by atoms with E-state index in [9.17, 15) is 18.0 Å². The summed E-state index contributed by atoms with van der Waals surface area (Å²) >= 11 is 0. The van der Waals surface area contributed by atoms with Gasteiger partial charge in [0.15, 0.2) is 0 Å². The zero-order chi connectivity index (χ0) is 17.3. The summed E-state index contributed by atoms with van der Waals surface area (Å²) in [7, 11) is 0. The summed E-state index contributed by atoms with van der Waals surface area (Å²) in [5.41, 5.74) is 1.10. The number of unbranched alkanes of at least 4 members (excludes halogenated alkanes) is 1. The molecule has 5 nitrogen and oxygen atoms in total. The van der Waals surface area contributed by atoms with Crippen molar-refractivity contribution in [3.63, 3.8) is 0 Å². The fraction of sp³-hybridized carbons (Fsp3) is 0.375. The second kappa shape index (κ2) is 6.18. The first kappa shape index (κ1) is 16.4. The first-order valence-electron chi connectivity index (χ1n) is 7.60. The van der Waals surface area contributed by atoms with Crippen LogP contribution in [0.25, 0.3) is 11.3 Å². The molecule has 1 aromatic carbocycles. The van der Waals surface area contributed by atoms with E-state index in [2.05, 4.69) is 9.72 Å². The van der Waals surface area contributed by atoms with Crippen LogP contribution in [0.1, 0.15) is 30.4 Å². The lowest BCUT2D eigenvalue weighted by atomic mass is 10.1. The Hall–Kier alpha value is -2.51. The number of halogens is 3. The van der Waals surface area contributed by atoms with Crippen molar-refractivity contribution >= 4 is 5.91 Å². The highest BCUT2D eigenvalue weighted by Crippen LogP contribution is 2.30. The Balaban J connectivity index is 1.87. The second-order valence-corrected chi connectivity index (χ2v) is 5.53. The van der Waals surface area contributed by atoms with Gasteiger partial charge in [-0.3, -0.25) is 4.79 Å². The minimum Gasteiger partial charge on any atom is -0.406 e. The normalized spacial score (nSPS) is 14.2. The molecule has 0 aliphatic carbocycles. The molecule has 0 spiro atoms. The van der Waals surface area contributed by atoms with Crippen LogP contribution in [-0.2, 0) is 6.67 Å². The number of nitrogens with zero attached hydrogens (tertiary/aromatic N) is 3. The molecule has 1 aliphatic rings. The van der Waals surface area contributed by atoms with E-state index >= 15 is 0 Å². The highest BCUT2D eigenvalue weighted by Gasteiger charge is 2.32. The van der Waals surface area contributed by atoms with Crippen molar-refractivity contribution in [2.45, 2.75) is 32.8 Å². The molecule has 1 aliphatic heterocycles. The van der Waals surface area contributed by atoms with E-state index in [0.29, 0.717) is 30.3 Å². The van der Waals surface area contributed by atoms with Crippen molar-refractivity contribution in [1.82, 2.24) is 14.5 Å². The largest absolute Gasteiger partial charge is 0.573 e. The van der Waals surface area contributed by atoms with Gasteiger partial charge in [0.05, 0.1) is 18.6 Å². The van der Waals surface area contributed by atoms with Crippen LogP contribution < -0.4 is 4.74 Å². The van der Waals surface area contributed by atoms with E-state index in [4.69, 9.17) is 0 Å². The molecule has 0 radical (unpaired) electrons. The highest BCUT2D eigenvalue weighted by molar-refractivity contribution is 5.93. The van der Waals surface area contributed by atoms with Crippen LogP contribution in [0.4, 0.5) is 13.2 Å². The molecule has 0 saturated carbocycles. The number of hydrogen-bond acceptors (Lipinski definition) is 3. The maximum Gasteiger partial charge on any atom is 0.573 e. The predicted octanol–water partition coefficient (Wildman–Crippen LogP) is 3.66. The number of imidazole rings is 1. The minimum absolute atomic E-state index is 0.155. The van der Waals surface area contributed by atoms with Gasteiger partial charge in [0.25, 0.3) is 5.91 Å². The zero-order valence-electron chi connectivity index (χ0n) is 13.0. The van der Waals surface area contributed by atoms with Crippen LogP contribution in [-0.4, -0.2) is 33.3 Å². The van der Waals surface area contributed by atoms with Gasteiger partial charge in [-0.1, -0.05) is 25.5 Å². The number of hydrogen-bond donors (Lipinski definition) is 0. The van der Waals surface area contributed by atoms with Gasteiger partial charge in [0, 0.05) is 12.1 Å². The molecule has 0 N–H and O–H groups in total. The molecule has 2 aromatic rings. The van der Waals surface area contributed by atoms with Crippen molar-refractivity contribution in [3.05, 3.63) is 36.3 Å². The number of rotatable bonds is 5. The standard InChI is InChI=1S/C16H16F3N3O2/c1-2-3-7-21-10-22-13(9-20-14(22)15(21)23)11-5-4-6-12(8-11)24-16(17,18)19/h4-6,8-9H,2-3,7,10H2,1H3. The molecule has 1 aromatic heterocycles. The Morgan fingerprint density at radius 1 is 1.33 bits per heavy atom. The zero-order valence-corrected chi connectivity index (χ0v) is 13.0. The number of carbonyl (C=O) groups is 1. The number of ether oxygens (including phenoxy) is 1. The first-order valence-corrected chi connectivity index (χ1v) is 7.60. The van der Waals surface area contributed by atoms with Gasteiger partial charge in [-0.25, -0.2) is 4.98 Å². The summed E-state index contributed by atoms with van der Waals surface area (Å²) in [6, 6.07) is 5.66. The van der Waals surface area contributed by atoms with Crippen molar-refractivity contribution in [2.24, 2.45) is 0 Å². The van der Waals surface area contributed by atoms with Gasteiger partial charge in [-0.15, -0.1) is 13.2 Å². The van der Waals surface area contributed by atoms with E-state index in [1.54, 1.807) is 15.5 Å². The van der Waals surface area contributed by atoms with E-state index in [0.717, 1.165) is 12.8 Å². The number of carbonyl (C=O) groups excluding carboxylic acids is 1. The van der Waals surface area contributed by atoms with Crippen molar-refractivity contribution < 1.29 is 22.7 Å². The summed E-state index contributed by atoms with van der Waals surface area (Å²) < 4.78 is 42.8. The van der Waals surface area contributed by atoms with Gasteiger partial charge in [0.2, 0.25) is 5.82 Å². The summed E-state index contributed by atoms with van der Waals surface area (Å²) in [6.07, 6.45) is -1.39. The van der Waals surface area contributed by atoms with Gasteiger partial charge in [-0.05, 0) is 18.6 Å². The molecular formula is C16H16F3N3O2. The minimum atomic E-state index is -4.75. The smallest absolute Gasteiger partial charge is 0.406 e. The lowest BCUT2D eigenvalue weighted by Gasteiger charge is -2.15. The highest BCUT2D eigenvalue weighted by atomic mass is 19.4. The Kier molecular flexibility index (Phi) is 4.21. The van der Waals surface area contributed by atoms with Gasteiger partial charge >= 0.3 is 6.36 Å². The SMILES string of the molecule is CCCCN1Cn2c(-c3cccc(OC(F)(F)F)c3)cnc2C1=O. The average molecular weight is 339 g/mol. The molecule has 0 atom stereocenters. The van der Waals surface area contributed by atoms with Crippen LogP contribution in [0.3, 0.4) is 0 Å². The Bertz CT molecular complexity index is 755. The maximum absolute atomic E-state index is 12.4. The third kappa shape index (κ3) is 3.22. The first-order chi connectivity index (χ1) is 11.4. The van der Waals surface area contributed by atoms with Crippen molar-refractivity contribution in [3.8, 4) is 17.0 Å². The van der Waals surface area contributed by atoms with Gasteiger partial charge < -0.3 is 14.2 Å². The number of alkyl halides is 3. The molecule has 0 unspecified atom stereocenters. The van der Waals surface area contributed by atoms with Crippen LogP contribution in [0.2, 0.25) is 0 Å². The maximum atomic E-state index is 12.4. The third-order valence-corrected chi connectivity index (χ3v) is 3.79. The molecule has 0 fully saturated rings. The number of benzene rings is 1. The summed E-state index contributed by atoms with van der Waals surface area (Å²) in [5.74, 6) is -0.150. The van der Waals surface area contributed by atoms with E-state index in [1.165, 1.54) is 24.4 Å². The predicted molar refractivity (Wildman–Crippen MR) is 80.3 cm³/mol. The second-order valence-electron chi connectivity index (χ2n) is 5.53. The molecule has 0 bridgehead atoms. The van der Waals surface area contributed by atoms with E-state index < -0.39 is 6.36 Å². The van der Waals surface area contributed by atoms with Crippen LogP contribution in [0, 0.1) is 0 Å².